The van der Waals surface area contributed by atoms with Gasteiger partial charge in [0, 0.05) is 0 Å². The van der Waals surface area contributed by atoms with Crippen molar-refractivity contribution in [2.24, 2.45) is 0 Å². The third-order valence-corrected chi connectivity index (χ3v) is 3.74. The number of hydrogen-bond acceptors (Lipinski definition) is 2. The van der Waals surface area contributed by atoms with E-state index in [0.717, 1.165) is 21.4 Å². The van der Waals surface area contributed by atoms with E-state index in [4.69, 9.17) is 5.73 Å². The topological polar surface area (TPSA) is 43.8 Å². The first kappa shape index (κ1) is 12.3. The Kier molecular flexibility index (Phi) is 3.32. The van der Waals surface area contributed by atoms with Gasteiger partial charge in [0.25, 0.3) is 0 Å². The second kappa shape index (κ2) is 4.59. The SMILES string of the molecule is Cc1nn(Cc2ccc(F)c(F)c2)c(N)c1I. The summed E-state index contributed by atoms with van der Waals surface area (Å²) in [6.45, 7) is 2.17. The summed E-state index contributed by atoms with van der Waals surface area (Å²) in [4.78, 5) is 0. The van der Waals surface area contributed by atoms with Crippen molar-refractivity contribution in [3.63, 3.8) is 0 Å². The van der Waals surface area contributed by atoms with Crippen molar-refractivity contribution in [1.29, 1.82) is 0 Å². The molecule has 0 spiro atoms. The van der Waals surface area contributed by atoms with Crippen LogP contribution in [-0.2, 0) is 6.54 Å². The van der Waals surface area contributed by atoms with Crippen molar-refractivity contribution in [3.05, 3.63) is 44.7 Å². The summed E-state index contributed by atoms with van der Waals surface area (Å²) in [6, 6.07) is 3.77. The molecule has 3 nitrogen and oxygen atoms in total. The van der Waals surface area contributed by atoms with Crippen molar-refractivity contribution < 1.29 is 8.78 Å². The van der Waals surface area contributed by atoms with E-state index in [1.165, 1.54) is 6.07 Å². The van der Waals surface area contributed by atoms with Gasteiger partial charge in [-0.2, -0.15) is 5.10 Å². The number of aromatic nitrogens is 2. The molecule has 0 saturated heterocycles. The van der Waals surface area contributed by atoms with E-state index in [1.54, 1.807) is 4.68 Å². The van der Waals surface area contributed by atoms with Gasteiger partial charge in [-0.25, -0.2) is 13.5 Å². The molecule has 0 aliphatic heterocycles. The third-order valence-electron chi connectivity index (χ3n) is 2.41. The van der Waals surface area contributed by atoms with Crippen LogP contribution < -0.4 is 5.73 Å². The lowest BCUT2D eigenvalue weighted by molar-refractivity contribution is 0.506. The molecule has 0 radical (unpaired) electrons. The molecule has 1 heterocycles. The number of benzene rings is 1. The highest BCUT2D eigenvalue weighted by Crippen LogP contribution is 2.19. The molecule has 0 aliphatic carbocycles. The molecule has 0 fully saturated rings. The van der Waals surface area contributed by atoms with E-state index in [2.05, 4.69) is 27.7 Å². The van der Waals surface area contributed by atoms with Gasteiger partial charge < -0.3 is 5.73 Å². The fraction of sp³-hybridized carbons (Fsp3) is 0.182. The quantitative estimate of drug-likeness (QED) is 0.848. The van der Waals surface area contributed by atoms with Crippen molar-refractivity contribution in [3.8, 4) is 0 Å². The van der Waals surface area contributed by atoms with Gasteiger partial charge in [0.15, 0.2) is 11.6 Å². The molecule has 90 valence electrons. The standard InChI is InChI=1S/C11H10F2IN3/c1-6-10(14)11(15)17(16-6)5-7-2-3-8(12)9(13)4-7/h2-4H,5,15H2,1H3. The summed E-state index contributed by atoms with van der Waals surface area (Å²) in [5.41, 5.74) is 7.29. The third kappa shape index (κ3) is 2.41. The second-order valence-electron chi connectivity index (χ2n) is 3.69. The van der Waals surface area contributed by atoms with Gasteiger partial charge in [-0.15, -0.1) is 0 Å². The summed E-state index contributed by atoms with van der Waals surface area (Å²) >= 11 is 2.10. The summed E-state index contributed by atoms with van der Waals surface area (Å²) in [5, 5.41) is 4.23. The first-order chi connectivity index (χ1) is 7.99. The minimum Gasteiger partial charge on any atom is -0.383 e. The Labute approximate surface area is 111 Å². The van der Waals surface area contributed by atoms with Crippen LogP contribution in [0.1, 0.15) is 11.3 Å². The van der Waals surface area contributed by atoms with Crippen LogP contribution in [-0.4, -0.2) is 9.78 Å². The van der Waals surface area contributed by atoms with E-state index in [1.807, 2.05) is 6.92 Å². The number of anilines is 1. The molecule has 0 amide bonds. The average molecular weight is 349 g/mol. The Balaban J connectivity index is 2.31. The molecule has 0 aliphatic rings. The number of rotatable bonds is 2. The summed E-state index contributed by atoms with van der Waals surface area (Å²) in [5.74, 6) is -1.18. The number of nitrogens with zero attached hydrogens (tertiary/aromatic N) is 2. The Hall–Kier alpha value is -1.18. The van der Waals surface area contributed by atoms with E-state index < -0.39 is 11.6 Å². The van der Waals surface area contributed by atoms with Gasteiger partial charge in [-0.3, -0.25) is 0 Å². The molecule has 6 heteroatoms. The fourth-order valence-corrected chi connectivity index (χ4v) is 1.90. The molecule has 0 unspecified atom stereocenters. The van der Waals surface area contributed by atoms with Crippen LogP contribution in [0.15, 0.2) is 18.2 Å². The normalized spacial score (nSPS) is 10.8. The number of aryl methyl sites for hydroxylation is 1. The molecular weight excluding hydrogens is 339 g/mol. The van der Waals surface area contributed by atoms with Crippen LogP contribution in [0.5, 0.6) is 0 Å². The Morgan fingerprint density at radius 3 is 2.59 bits per heavy atom. The molecule has 1 aromatic carbocycles. The smallest absolute Gasteiger partial charge is 0.159 e. The van der Waals surface area contributed by atoms with Gasteiger partial charge in [-0.05, 0) is 47.2 Å². The lowest BCUT2D eigenvalue weighted by atomic mass is 10.2. The molecule has 17 heavy (non-hydrogen) atoms. The Morgan fingerprint density at radius 2 is 2.06 bits per heavy atom. The summed E-state index contributed by atoms with van der Waals surface area (Å²) in [7, 11) is 0. The van der Waals surface area contributed by atoms with Gasteiger partial charge in [0.05, 0.1) is 15.8 Å². The van der Waals surface area contributed by atoms with Crippen LogP contribution >= 0.6 is 22.6 Å². The van der Waals surface area contributed by atoms with Crippen LogP contribution in [0.3, 0.4) is 0 Å². The van der Waals surface area contributed by atoms with Gasteiger partial charge in [0.1, 0.15) is 5.82 Å². The fourth-order valence-electron chi connectivity index (χ4n) is 1.51. The van der Waals surface area contributed by atoms with Crippen LogP contribution in [0.25, 0.3) is 0 Å². The van der Waals surface area contributed by atoms with Crippen LogP contribution in [0.4, 0.5) is 14.6 Å². The number of nitrogens with two attached hydrogens (primary N) is 1. The summed E-state index contributed by atoms with van der Waals surface area (Å²) in [6.07, 6.45) is 0. The first-order valence-electron chi connectivity index (χ1n) is 4.91. The maximum atomic E-state index is 13.0. The van der Waals surface area contributed by atoms with Gasteiger partial charge in [0.2, 0.25) is 0 Å². The highest BCUT2D eigenvalue weighted by molar-refractivity contribution is 14.1. The molecule has 0 saturated carbocycles. The number of nitrogen functional groups attached to an aromatic ring is 1. The minimum absolute atomic E-state index is 0.326. The molecule has 1 aromatic heterocycles. The first-order valence-corrected chi connectivity index (χ1v) is 5.99. The highest BCUT2D eigenvalue weighted by Gasteiger charge is 2.10. The second-order valence-corrected chi connectivity index (χ2v) is 4.77. The van der Waals surface area contributed by atoms with Crippen molar-refractivity contribution in [2.75, 3.05) is 5.73 Å². The number of halogens is 3. The maximum Gasteiger partial charge on any atom is 0.159 e. The monoisotopic (exact) mass is 349 g/mol. The van der Waals surface area contributed by atoms with E-state index in [0.29, 0.717) is 17.9 Å². The van der Waals surface area contributed by atoms with Crippen molar-refractivity contribution in [2.45, 2.75) is 13.5 Å². The minimum atomic E-state index is -0.861. The predicted octanol–water partition coefficient (Wildman–Crippen LogP) is 2.70. The average Bonchev–Trinajstić information content (AvgIpc) is 2.52. The predicted molar refractivity (Wildman–Crippen MR) is 69.6 cm³/mol. The van der Waals surface area contributed by atoms with Gasteiger partial charge >= 0.3 is 0 Å². The maximum absolute atomic E-state index is 13.0. The lowest BCUT2D eigenvalue weighted by Crippen LogP contribution is -2.06. The zero-order valence-corrected chi connectivity index (χ0v) is 11.2. The van der Waals surface area contributed by atoms with Crippen LogP contribution in [0, 0.1) is 22.1 Å². The Morgan fingerprint density at radius 1 is 1.35 bits per heavy atom. The molecule has 0 atom stereocenters. The zero-order chi connectivity index (χ0) is 12.6. The van der Waals surface area contributed by atoms with Crippen molar-refractivity contribution in [1.82, 2.24) is 9.78 Å². The molecule has 2 aromatic rings. The Bertz CT molecular complexity index is 566. The molecule has 2 N–H and O–H groups in total. The van der Waals surface area contributed by atoms with Crippen LogP contribution in [0.2, 0.25) is 0 Å². The highest BCUT2D eigenvalue weighted by atomic mass is 127. The van der Waals surface area contributed by atoms with E-state index >= 15 is 0 Å². The summed E-state index contributed by atoms with van der Waals surface area (Å²) < 4.78 is 28.2. The van der Waals surface area contributed by atoms with Crippen molar-refractivity contribution >= 4 is 28.4 Å². The largest absolute Gasteiger partial charge is 0.383 e. The molecule has 2 rings (SSSR count). The number of hydrogen-bond donors (Lipinski definition) is 1. The van der Waals surface area contributed by atoms with Gasteiger partial charge in [-0.1, -0.05) is 6.07 Å². The van der Waals surface area contributed by atoms with E-state index in [-0.39, 0.29) is 0 Å². The zero-order valence-electron chi connectivity index (χ0n) is 9.04. The lowest BCUT2D eigenvalue weighted by Gasteiger charge is -2.04. The molecular formula is C11H10F2IN3. The molecule has 0 bridgehead atoms. The van der Waals surface area contributed by atoms with E-state index in [9.17, 15) is 8.78 Å².